The fourth-order valence-electron chi connectivity index (χ4n) is 1.24. The standard InChI is InChI=1S/C9H9F2NO5/c1-16-7-3-6(12(14)15)2-5(4-13)8(7)17-9(10)11/h2-3,9,13H,4H2,1H3. The molecule has 0 heterocycles. The number of ether oxygens (including phenoxy) is 2. The fraction of sp³-hybridized carbons (Fsp3) is 0.333. The Morgan fingerprint density at radius 3 is 2.59 bits per heavy atom. The predicted molar refractivity (Wildman–Crippen MR) is 52.2 cm³/mol. The zero-order valence-corrected chi connectivity index (χ0v) is 8.72. The molecule has 8 heteroatoms. The Morgan fingerprint density at radius 2 is 2.18 bits per heavy atom. The van der Waals surface area contributed by atoms with Crippen molar-refractivity contribution in [2.75, 3.05) is 7.11 Å². The second-order valence-corrected chi connectivity index (χ2v) is 2.93. The van der Waals surface area contributed by atoms with E-state index in [9.17, 15) is 18.9 Å². The van der Waals surface area contributed by atoms with Crippen molar-refractivity contribution in [3.63, 3.8) is 0 Å². The molecule has 0 aliphatic heterocycles. The third-order valence-electron chi connectivity index (χ3n) is 1.92. The highest BCUT2D eigenvalue weighted by molar-refractivity contribution is 5.54. The number of methoxy groups -OCH3 is 1. The smallest absolute Gasteiger partial charge is 0.387 e. The summed E-state index contributed by atoms with van der Waals surface area (Å²) in [6.45, 7) is -3.80. The number of hydrogen-bond donors (Lipinski definition) is 1. The van der Waals surface area contributed by atoms with Gasteiger partial charge in [-0.25, -0.2) is 0 Å². The van der Waals surface area contributed by atoms with Gasteiger partial charge in [0.1, 0.15) is 0 Å². The first kappa shape index (κ1) is 13.1. The Balaban J connectivity index is 3.30. The summed E-state index contributed by atoms with van der Waals surface area (Å²) in [4.78, 5) is 9.82. The van der Waals surface area contributed by atoms with Crippen molar-refractivity contribution in [2.45, 2.75) is 13.2 Å². The van der Waals surface area contributed by atoms with E-state index >= 15 is 0 Å². The van der Waals surface area contributed by atoms with Crippen LogP contribution in [0.3, 0.4) is 0 Å². The Morgan fingerprint density at radius 1 is 1.53 bits per heavy atom. The number of aliphatic hydroxyl groups excluding tert-OH is 1. The van der Waals surface area contributed by atoms with E-state index in [0.717, 1.165) is 19.2 Å². The molecule has 0 amide bonds. The van der Waals surface area contributed by atoms with Crippen LogP contribution in [0, 0.1) is 10.1 Å². The number of rotatable bonds is 5. The summed E-state index contributed by atoms with van der Waals surface area (Å²) in [6, 6.07) is 1.89. The second kappa shape index (κ2) is 5.39. The molecule has 6 nitrogen and oxygen atoms in total. The van der Waals surface area contributed by atoms with E-state index in [0.29, 0.717) is 0 Å². The summed E-state index contributed by atoms with van der Waals surface area (Å²) >= 11 is 0. The number of non-ortho nitro benzene ring substituents is 1. The van der Waals surface area contributed by atoms with E-state index in [2.05, 4.69) is 4.74 Å². The van der Waals surface area contributed by atoms with Gasteiger partial charge in [0.25, 0.3) is 5.69 Å². The maximum absolute atomic E-state index is 12.1. The minimum atomic E-state index is -3.12. The summed E-state index contributed by atoms with van der Waals surface area (Å²) < 4.78 is 33.1. The van der Waals surface area contributed by atoms with Crippen molar-refractivity contribution in [2.24, 2.45) is 0 Å². The number of halogens is 2. The predicted octanol–water partition coefficient (Wildman–Crippen LogP) is 1.70. The van der Waals surface area contributed by atoms with Crippen molar-refractivity contribution in [1.29, 1.82) is 0 Å². The normalized spacial score (nSPS) is 10.4. The maximum atomic E-state index is 12.1. The van der Waals surface area contributed by atoms with Gasteiger partial charge in [0.15, 0.2) is 11.5 Å². The minimum absolute atomic E-state index is 0.142. The average Bonchev–Trinajstić information content (AvgIpc) is 2.28. The monoisotopic (exact) mass is 249 g/mol. The third-order valence-corrected chi connectivity index (χ3v) is 1.92. The van der Waals surface area contributed by atoms with Crippen LogP contribution in [0.5, 0.6) is 11.5 Å². The molecule has 0 unspecified atom stereocenters. The minimum Gasteiger partial charge on any atom is -0.493 e. The zero-order valence-electron chi connectivity index (χ0n) is 8.72. The van der Waals surface area contributed by atoms with E-state index < -0.39 is 23.9 Å². The van der Waals surface area contributed by atoms with Crippen molar-refractivity contribution in [3.8, 4) is 11.5 Å². The van der Waals surface area contributed by atoms with Crippen molar-refractivity contribution in [3.05, 3.63) is 27.8 Å². The van der Waals surface area contributed by atoms with Crippen LogP contribution < -0.4 is 9.47 Å². The second-order valence-electron chi connectivity index (χ2n) is 2.93. The van der Waals surface area contributed by atoms with Crippen LogP contribution in [-0.4, -0.2) is 23.8 Å². The molecule has 1 aromatic carbocycles. The molecule has 0 saturated heterocycles. The summed E-state index contributed by atoms with van der Waals surface area (Å²) in [5.41, 5.74) is -0.524. The summed E-state index contributed by atoms with van der Waals surface area (Å²) in [7, 11) is 1.15. The zero-order chi connectivity index (χ0) is 13.0. The molecule has 0 atom stereocenters. The van der Waals surface area contributed by atoms with E-state index in [-0.39, 0.29) is 17.0 Å². The van der Waals surface area contributed by atoms with Gasteiger partial charge < -0.3 is 14.6 Å². The summed E-state index contributed by atoms with van der Waals surface area (Å²) in [5, 5.41) is 19.5. The highest BCUT2D eigenvalue weighted by Gasteiger charge is 2.20. The van der Waals surface area contributed by atoms with Gasteiger partial charge in [0.05, 0.1) is 24.7 Å². The van der Waals surface area contributed by atoms with Gasteiger partial charge in [-0.2, -0.15) is 8.78 Å². The molecule has 17 heavy (non-hydrogen) atoms. The van der Waals surface area contributed by atoms with Crippen LogP contribution in [-0.2, 0) is 6.61 Å². The van der Waals surface area contributed by atoms with Crippen LogP contribution in [0.25, 0.3) is 0 Å². The lowest BCUT2D eigenvalue weighted by Gasteiger charge is -2.12. The fourth-order valence-corrected chi connectivity index (χ4v) is 1.24. The molecular weight excluding hydrogens is 240 g/mol. The molecule has 0 bridgehead atoms. The number of hydrogen-bond acceptors (Lipinski definition) is 5. The lowest BCUT2D eigenvalue weighted by molar-refractivity contribution is -0.385. The molecule has 1 rings (SSSR count). The molecule has 0 radical (unpaired) electrons. The highest BCUT2D eigenvalue weighted by atomic mass is 19.3. The van der Waals surface area contributed by atoms with Gasteiger partial charge in [0, 0.05) is 11.6 Å². The van der Waals surface area contributed by atoms with Gasteiger partial charge in [0.2, 0.25) is 0 Å². The van der Waals surface area contributed by atoms with Crippen LogP contribution in [0.15, 0.2) is 12.1 Å². The van der Waals surface area contributed by atoms with Crippen LogP contribution >= 0.6 is 0 Å². The molecule has 0 aromatic heterocycles. The molecule has 0 aliphatic rings. The molecule has 0 spiro atoms. The van der Waals surface area contributed by atoms with E-state index in [1.807, 2.05) is 0 Å². The molecule has 0 saturated carbocycles. The number of nitro groups is 1. The first-order valence-electron chi connectivity index (χ1n) is 4.40. The lowest BCUT2D eigenvalue weighted by Crippen LogP contribution is -2.07. The SMILES string of the molecule is COc1cc([N+](=O)[O-])cc(CO)c1OC(F)F. The number of benzene rings is 1. The quantitative estimate of drug-likeness (QED) is 0.634. The van der Waals surface area contributed by atoms with Gasteiger partial charge >= 0.3 is 6.61 Å². The lowest BCUT2D eigenvalue weighted by atomic mass is 10.1. The molecule has 0 aliphatic carbocycles. The number of nitrogens with zero attached hydrogens (tertiary/aromatic N) is 1. The number of aliphatic hydroxyl groups is 1. The third kappa shape index (κ3) is 3.00. The Hall–Kier alpha value is -1.96. The summed E-state index contributed by atoms with van der Waals surface area (Å²) in [6.07, 6.45) is 0. The van der Waals surface area contributed by atoms with Gasteiger partial charge in [-0.15, -0.1) is 0 Å². The molecular formula is C9H9F2NO5. The summed E-state index contributed by atoms with van der Waals surface area (Å²) in [5.74, 6) is -0.640. The topological polar surface area (TPSA) is 81.8 Å². The van der Waals surface area contributed by atoms with E-state index in [4.69, 9.17) is 9.84 Å². The first-order chi connectivity index (χ1) is 7.99. The van der Waals surface area contributed by atoms with Gasteiger partial charge in [-0.05, 0) is 0 Å². The van der Waals surface area contributed by atoms with E-state index in [1.54, 1.807) is 0 Å². The number of alkyl halides is 2. The average molecular weight is 249 g/mol. The van der Waals surface area contributed by atoms with Crippen molar-refractivity contribution < 1.29 is 28.3 Å². The Kier molecular flexibility index (Phi) is 4.16. The van der Waals surface area contributed by atoms with Crippen molar-refractivity contribution >= 4 is 5.69 Å². The van der Waals surface area contributed by atoms with Crippen LogP contribution in [0.2, 0.25) is 0 Å². The van der Waals surface area contributed by atoms with Gasteiger partial charge in [-0.1, -0.05) is 0 Å². The van der Waals surface area contributed by atoms with Crippen molar-refractivity contribution in [1.82, 2.24) is 0 Å². The van der Waals surface area contributed by atoms with Gasteiger partial charge in [-0.3, -0.25) is 10.1 Å². The van der Waals surface area contributed by atoms with Crippen LogP contribution in [0.1, 0.15) is 5.56 Å². The molecule has 94 valence electrons. The maximum Gasteiger partial charge on any atom is 0.387 e. The van der Waals surface area contributed by atoms with E-state index in [1.165, 1.54) is 0 Å². The Labute approximate surface area is 94.5 Å². The largest absolute Gasteiger partial charge is 0.493 e. The molecule has 1 aromatic rings. The Bertz CT molecular complexity index is 399. The molecule has 0 fully saturated rings. The number of nitro benzene ring substituents is 1. The molecule has 1 N–H and O–H groups in total. The highest BCUT2D eigenvalue weighted by Crippen LogP contribution is 2.36. The van der Waals surface area contributed by atoms with Crippen LogP contribution in [0.4, 0.5) is 14.5 Å². The first-order valence-corrected chi connectivity index (χ1v) is 4.40.